The molecule has 2 nitrogen and oxygen atoms in total. The van der Waals surface area contributed by atoms with Gasteiger partial charge in [-0.1, -0.05) is 31.9 Å². The fraction of sp³-hybridized carbons (Fsp3) is 1.00. The van der Waals surface area contributed by atoms with Crippen LogP contribution in [0.4, 0.5) is 0 Å². The van der Waals surface area contributed by atoms with Crippen LogP contribution in [-0.2, 0) is 0 Å². The van der Waals surface area contributed by atoms with Crippen molar-refractivity contribution in [2.45, 2.75) is 16.1 Å². The van der Waals surface area contributed by atoms with Crippen LogP contribution < -0.4 is 0 Å². The highest BCUT2D eigenvalue weighted by molar-refractivity contribution is 9.12. The van der Waals surface area contributed by atoms with Crippen molar-refractivity contribution in [3.05, 3.63) is 5.21 Å². The number of nitrogens with zero attached hydrogens (tertiary/aromatic N) is 1. The topological polar surface area (TPSA) is 26.3 Å². The third kappa shape index (κ3) is 2.18. The van der Waals surface area contributed by atoms with Gasteiger partial charge < -0.3 is 10.3 Å². The Morgan fingerprint density at radius 2 is 2.00 bits per heavy atom. The number of hydroxylamine groups is 2. The molecule has 1 aliphatic rings. The lowest BCUT2D eigenvalue weighted by atomic mass is 10.2. The number of rotatable bonds is 0. The summed E-state index contributed by atoms with van der Waals surface area (Å²) in [7, 11) is 0. The molecule has 0 aromatic heterocycles. The Morgan fingerprint density at radius 3 is 2.44 bits per heavy atom. The third-order valence-electron chi connectivity index (χ3n) is 1.42. The van der Waals surface area contributed by atoms with E-state index in [1.807, 2.05) is 0 Å². The van der Waals surface area contributed by atoms with Crippen molar-refractivity contribution in [3.63, 3.8) is 0 Å². The van der Waals surface area contributed by atoms with Gasteiger partial charge in [-0.05, 0) is 19.5 Å². The third-order valence-corrected chi connectivity index (χ3v) is 4.16. The van der Waals surface area contributed by atoms with Gasteiger partial charge in [-0.3, -0.25) is 0 Å². The number of hydrogen-bond acceptors (Lipinski definition) is 2. The SMILES string of the molecule is [O-]N1CCC(Br)C(Br)C1. The van der Waals surface area contributed by atoms with Gasteiger partial charge in [-0.25, -0.2) is 0 Å². The van der Waals surface area contributed by atoms with Crippen molar-refractivity contribution in [1.82, 2.24) is 5.06 Å². The van der Waals surface area contributed by atoms with Gasteiger partial charge in [0.1, 0.15) is 0 Å². The first-order valence-corrected chi connectivity index (χ1v) is 4.73. The molecule has 0 aromatic rings. The smallest absolute Gasteiger partial charge is 0.0389 e. The summed E-state index contributed by atoms with van der Waals surface area (Å²) in [4.78, 5) is 0.798. The molecule has 1 aliphatic heterocycles. The zero-order chi connectivity index (χ0) is 6.85. The van der Waals surface area contributed by atoms with Gasteiger partial charge in [0.05, 0.1) is 0 Å². The van der Waals surface area contributed by atoms with E-state index in [0.29, 0.717) is 22.7 Å². The van der Waals surface area contributed by atoms with E-state index in [1.54, 1.807) is 0 Å². The van der Waals surface area contributed by atoms with E-state index in [-0.39, 0.29) is 0 Å². The lowest BCUT2D eigenvalue weighted by Crippen LogP contribution is -2.37. The summed E-state index contributed by atoms with van der Waals surface area (Å²) in [5, 5.41) is 11.8. The molecule has 2 atom stereocenters. The molecule has 0 spiro atoms. The Labute approximate surface area is 71.4 Å². The van der Waals surface area contributed by atoms with Crippen molar-refractivity contribution in [2.75, 3.05) is 13.1 Å². The fourth-order valence-electron chi connectivity index (χ4n) is 0.848. The molecule has 0 aromatic carbocycles. The second-order valence-corrected chi connectivity index (χ2v) is 4.56. The molecular formula is C5H8Br2NO-. The largest absolute Gasteiger partial charge is 0.785 e. The minimum absolute atomic E-state index is 0.323. The molecule has 0 radical (unpaired) electrons. The molecule has 0 aliphatic carbocycles. The van der Waals surface area contributed by atoms with Crippen LogP contribution in [0.1, 0.15) is 6.42 Å². The zero-order valence-corrected chi connectivity index (χ0v) is 8.06. The average molecular weight is 258 g/mol. The Bertz CT molecular complexity index is 101. The van der Waals surface area contributed by atoms with E-state index in [9.17, 15) is 5.21 Å². The van der Waals surface area contributed by atoms with E-state index in [2.05, 4.69) is 31.9 Å². The van der Waals surface area contributed by atoms with Gasteiger partial charge in [-0.15, -0.1) is 0 Å². The molecule has 2 unspecified atom stereocenters. The first-order valence-electron chi connectivity index (χ1n) is 2.90. The number of piperidine rings is 1. The number of halogens is 2. The van der Waals surface area contributed by atoms with E-state index >= 15 is 0 Å². The molecule has 1 heterocycles. The molecule has 54 valence electrons. The molecule has 0 bridgehead atoms. The quantitative estimate of drug-likeness (QED) is 0.618. The summed E-state index contributed by atoms with van der Waals surface area (Å²) < 4.78 is 0. The van der Waals surface area contributed by atoms with Gasteiger partial charge >= 0.3 is 0 Å². The summed E-state index contributed by atoms with van der Waals surface area (Å²) in [5.74, 6) is 0. The average Bonchev–Trinajstić information content (AvgIpc) is 1.80. The van der Waals surface area contributed by atoms with E-state index < -0.39 is 0 Å². The number of alkyl halides is 2. The second-order valence-electron chi connectivity index (χ2n) is 2.21. The summed E-state index contributed by atoms with van der Waals surface area (Å²) in [6.45, 7) is 1.27. The Kier molecular flexibility index (Phi) is 2.95. The van der Waals surface area contributed by atoms with Crippen molar-refractivity contribution in [1.29, 1.82) is 0 Å². The normalized spacial score (nSPS) is 39.0. The zero-order valence-electron chi connectivity index (χ0n) is 4.89. The van der Waals surface area contributed by atoms with Crippen molar-refractivity contribution in [2.24, 2.45) is 0 Å². The lowest BCUT2D eigenvalue weighted by molar-refractivity contribution is 0.327. The fourth-order valence-corrected chi connectivity index (χ4v) is 1.81. The second kappa shape index (κ2) is 3.32. The van der Waals surface area contributed by atoms with Gasteiger partial charge in [0, 0.05) is 9.65 Å². The summed E-state index contributed by atoms with van der Waals surface area (Å²) in [6.07, 6.45) is 0.944. The molecule has 1 saturated heterocycles. The van der Waals surface area contributed by atoms with Crippen LogP contribution in [0.5, 0.6) is 0 Å². The van der Waals surface area contributed by atoms with Crippen molar-refractivity contribution in [3.8, 4) is 0 Å². The van der Waals surface area contributed by atoms with Crippen LogP contribution in [-0.4, -0.2) is 27.8 Å². The van der Waals surface area contributed by atoms with E-state index in [0.717, 1.165) is 11.5 Å². The molecule has 0 saturated carbocycles. The van der Waals surface area contributed by atoms with Crippen LogP contribution in [0.15, 0.2) is 0 Å². The highest BCUT2D eigenvalue weighted by atomic mass is 79.9. The van der Waals surface area contributed by atoms with Crippen LogP contribution in [0.25, 0.3) is 0 Å². The van der Waals surface area contributed by atoms with Crippen LogP contribution in [0.2, 0.25) is 0 Å². The molecule has 0 N–H and O–H groups in total. The van der Waals surface area contributed by atoms with E-state index in [4.69, 9.17) is 0 Å². The van der Waals surface area contributed by atoms with Crippen LogP contribution in [0, 0.1) is 5.21 Å². The first-order chi connectivity index (χ1) is 4.20. The predicted molar refractivity (Wildman–Crippen MR) is 45.0 cm³/mol. The molecule has 1 fully saturated rings. The molecular weight excluding hydrogens is 250 g/mol. The minimum Gasteiger partial charge on any atom is -0.785 e. The van der Waals surface area contributed by atoms with Gasteiger partial charge in [0.25, 0.3) is 0 Å². The standard InChI is InChI=1S/C5H8Br2NO/c6-4-1-2-8(9)3-5(4)7/h4-5H,1-3H2/q-1. The molecule has 0 amide bonds. The lowest BCUT2D eigenvalue weighted by Gasteiger charge is -2.37. The maximum atomic E-state index is 10.7. The maximum Gasteiger partial charge on any atom is 0.0389 e. The summed E-state index contributed by atoms with van der Waals surface area (Å²) >= 11 is 6.87. The Balaban J connectivity index is 2.35. The van der Waals surface area contributed by atoms with Crippen LogP contribution >= 0.6 is 31.9 Å². The van der Waals surface area contributed by atoms with Crippen LogP contribution in [0.3, 0.4) is 0 Å². The van der Waals surface area contributed by atoms with Crippen molar-refractivity contribution >= 4 is 31.9 Å². The molecule has 4 heteroatoms. The highest BCUT2D eigenvalue weighted by Gasteiger charge is 2.20. The Hall–Kier alpha value is 0.880. The Morgan fingerprint density at radius 1 is 1.33 bits per heavy atom. The highest BCUT2D eigenvalue weighted by Crippen LogP contribution is 2.22. The summed E-state index contributed by atoms with van der Waals surface area (Å²) in [5.41, 5.74) is 0. The summed E-state index contributed by atoms with van der Waals surface area (Å²) in [6, 6.07) is 0. The van der Waals surface area contributed by atoms with Gasteiger partial charge in [-0.2, -0.15) is 0 Å². The first kappa shape index (κ1) is 7.98. The minimum atomic E-state index is 0.323. The van der Waals surface area contributed by atoms with Gasteiger partial charge in [0.2, 0.25) is 0 Å². The molecule has 9 heavy (non-hydrogen) atoms. The van der Waals surface area contributed by atoms with E-state index in [1.165, 1.54) is 0 Å². The maximum absolute atomic E-state index is 10.7. The predicted octanol–water partition coefficient (Wildman–Crippen LogP) is 1.72. The van der Waals surface area contributed by atoms with Crippen molar-refractivity contribution < 1.29 is 0 Å². The van der Waals surface area contributed by atoms with Gasteiger partial charge in [0.15, 0.2) is 0 Å². The monoisotopic (exact) mass is 256 g/mol. The molecule has 1 rings (SSSR count). The number of hydrogen-bond donors (Lipinski definition) is 0.